The maximum atomic E-state index is 12.5. The fourth-order valence-corrected chi connectivity index (χ4v) is 2.68. The van der Waals surface area contributed by atoms with Crippen LogP contribution < -0.4 is 25.1 Å². The highest BCUT2D eigenvalue weighted by Crippen LogP contribution is 2.30. The van der Waals surface area contributed by atoms with Crippen molar-refractivity contribution in [3.8, 4) is 23.1 Å². The van der Waals surface area contributed by atoms with Crippen LogP contribution in [0.4, 0.5) is 0 Å². The van der Waals surface area contributed by atoms with Crippen LogP contribution >= 0.6 is 0 Å². The molecule has 2 N–H and O–H groups in total. The van der Waals surface area contributed by atoms with Crippen molar-refractivity contribution in [2.24, 2.45) is 0 Å². The zero-order valence-electron chi connectivity index (χ0n) is 15.3. The number of carbonyl (C=O) groups is 2. The molecule has 146 valence electrons. The summed E-state index contributed by atoms with van der Waals surface area (Å²) in [5, 5.41) is 0. The van der Waals surface area contributed by atoms with Crippen molar-refractivity contribution in [2.45, 2.75) is 0 Å². The van der Waals surface area contributed by atoms with E-state index < -0.39 is 11.8 Å². The van der Waals surface area contributed by atoms with Crippen molar-refractivity contribution in [1.82, 2.24) is 15.8 Å². The summed E-state index contributed by atoms with van der Waals surface area (Å²) in [6, 6.07) is 16.9. The third-order valence-electron chi connectivity index (χ3n) is 4.07. The summed E-state index contributed by atoms with van der Waals surface area (Å²) in [6.45, 7) is 0.882. The molecule has 0 unspecified atom stereocenters. The van der Waals surface area contributed by atoms with E-state index in [9.17, 15) is 9.59 Å². The number of rotatable bonds is 4. The van der Waals surface area contributed by atoms with Crippen molar-refractivity contribution < 1.29 is 23.8 Å². The maximum absolute atomic E-state index is 12.5. The molecule has 1 aliphatic heterocycles. The first-order chi connectivity index (χ1) is 14.2. The molecule has 2 aromatic carbocycles. The number of hydrazine groups is 1. The van der Waals surface area contributed by atoms with E-state index in [1.54, 1.807) is 42.5 Å². The van der Waals surface area contributed by atoms with Crippen LogP contribution in [0.2, 0.25) is 0 Å². The van der Waals surface area contributed by atoms with Crippen LogP contribution in [0, 0.1) is 0 Å². The molecule has 0 aliphatic carbocycles. The molecule has 1 aromatic heterocycles. The first kappa shape index (κ1) is 18.3. The molecule has 0 fully saturated rings. The quantitative estimate of drug-likeness (QED) is 0.664. The zero-order valence-corrected chi connectivity index (χ0v) is 15.3. The highest BCUT2D eigenvalue weighted by Gasteiger charge is 2.17. The van der Waals surface area contributed by atoms with E-state index in [4.69, 9.17) is 14.2 Å². The standard InChI is InChI=1S/C21H17N3O5/c25-19(14-8-9-17-18(13-14)28-12-11-27-17)23-24-20(26)16-7-4-10-22-21(16)29-15-5-2-1-3-6-15/h1-10,13H,11-12H2,(H,23,25)(H,24,26). The number of nitrogens with one attached hydrogen (secondary N) is 2. The molecule has 0 saturated carbocycles. The Morgan fingerprint density at radius 2 is 1.62 bits per heavy atom. The molecule has 0 atom stereocenters. The molecular weight excluding hydrogens is 374 g/mol. The molecule has 1 aliphatic rings. The predicted octanol–water partition coefficient (Wildman–Crippen LogP) is 2.72. The number of para-hydroxylation sites is 1. The molecule has 4 rings (SSSR count). The van der Waals surface area contributed by atoms with Crippen LogP contribution in [-0.2, 0) is 0 Å². The molecule has 0 bridgehead atoms. The summed E-state index contributed by atoms with van der Waals surface area (Å²) in [5.74, 6) is 0.681. The predicted molar refractivity (Wildman–Crippen MR) is 103 cm³/mol. The summed E-state index contributed by atoms with van der Waals surface area (Å²) in [5.41, 5.74) is 5.25. The van der Waals surface area contributed by atoms with Crippen molar-refractivity contribution in [3.63, 3.8) is 0 Å². The Labute approximate surface area is 166 Å². The number of benzene rings is 2. The lowest BCUT2D eigenvalue weighted by Gasteiger charge is -2.18. The number of aromatic nitrogens is 1. The van der Waals surface area contributed by atoms with Gasteiger partial charge in [-0.05, 0) is 42.5 Å². The average Bonchev–Trinajstić information content (AvgIpc) is 2.78. The van der Waals surface area contributed by atoms with Crippen LogP contribution in [0.25, 0.3) is 0 Å². The van der Waals surface area contributed by atoms with Crippen molar-refractivity contribution in [2.75, 3.05) is 13.2 Å². The lowest BCUT2D eigenvalue weighted by atomic mass is 10.2. The number of fused-ring (bicyclic) bond motifs is 1. The summed E-state index contributed by atoms with van der Waals surface area (Å²) < 4.78 is 16.6. The van der Waals surface area contributed by atoms with E-state index >= 15 is 0 Å². The second kappa shape index (κ2) is 8.30. The van der Waals surface area contributed by atoms with E-state index in [1.165, 1.54) is 6.20 Å². The Kier molecular flexibility index (Phi) is 5.24. The van der Waals surface area contributed by atoms with Crippen LogP contribution in [-0.4, -0.2) is 30.0 Å². The number of ether oxygens (including phenoxy) is 3. The van der Waals surface area contributed by atoms with Crippen molar-refractivity contribution >= 4 is 11.8 Å². The topological polar surface area (TPSA) is 98.8 Å². The van der Waals surface area contributed by atoms with Crippen molar-refractivity contribution in [3.05, 3.63) is 78.0 Å². The van der Waals surface area contributed by atoms with Gasteiger partial charge in [-0.15, -0.1) is 0 Å². The maximum Gasteiger partial charge on any atom is 0.275 e. The highest BCUT2D eigenvalue weighted by molar-refractivity contribution is 6.00. The van der Waals surface area contributed by atoms with Crippen LogP contribution in [0.3, 0.4) is 0 Å². The lowest BCUT2D eigenvalue weighted by molar-refractivity contribution is 0.0844. The summed E-state index contributed by atoms with van der Waals surface area (Å²) in [6.07, 6.45) is 1.52. The minimum atomic E-state index is -0.560. The molecule has 29 heavy (non-hydrogen) atoms. The normalized spacial score (nSPS) is 12.0. The number of nitrogens with zero attached hydrogens (tertiary/aromatic N) is 1. The number of amides is 2. The minimum absolute atomic E-state index is 0.129. The number of carbonyl (C=O) groups excluding carboxylic acids is 2. The first-order valence-corrected chi connectivity index (χ1v) is 8.89. The van der Waals surface area contributed by atoms with E-state index in [2.05, 4.69) is 15.8 Å². The Morgan fingerprint density at radius 1 is 0.862 bits per heavy atom. The molecule has 2 amide bonds. The Morgan fingerprint density at radius 3 is 2.45 bits per heavy atom. The molecule has 2 heterocycles. The third kappa shape index (κ3) is 4.27. The lowest BCUT2D eigenvalue weighted by Crippen LogP contribution is -2.41. The number of hydrogen-bond acceptors (Lipinski definition) is 6. The monoisotopic (exact) mass is 391 g/mol. The smallest absolute Gasteiger partial charge is 0.275 e. The fraction of sp³-hybridized carbons (Fsp3) is 0.0952. The van der Waals surface area contributed by atoms with Gasteiger partial charge < -0.3 is 14.2 Å². The summed E-state index contributed by atoms with van der Waals surface area (Å²) in [4.78, 5) is 29.0. The second-order valence-electron chi connectivity index (χ2n) is 6.04. The zero-order chi connectivity index (χ0) is 20.1. The Bertz CT molecular complexity index is 1040. The SMILES string of the molecule is O=C(NNC(=O)c1cccnc1Oc1ccccc1)c1ccc2c(c1)OCCO2. The van der Waals surface area contributed by atoms with Gasteiger partial charge in [-0.2, -0.15) is 0 Å². The van der Waals surface area contributed by atoms with E-state index in [0.29, 0.717) is 36.0 Å². The fourth-order valence-electron chi connectivity index (χ4n) is 2.68. The Hall–Kier alpha value is -4.07. The number of pyridine rings is 1. The van der Waals surface area contributed by atoms with Gasteiger partial charge in [0, 0.05) is 11.8 Å². The van der Waals surface area contributed by atoms with E-state index in [1.807, 2.05) is 18.2 Å². The Balaban J connectivity index is 1.43. The van der Waals surface area contributed by atoms with Gasteiger partial charge in [-0.1, -0.05) is 18.2 Å². The number of hydrogen-bond donors (Lipinski definition) is 2. The summed E-state index contributed by atoms with van der Waals surface area (Å²) >= 11 is 0. The molecule has 0 radical (unpaired) electrons. The van der Waals surface area contributed by atoms with Gasteiger partial charge in [0.25, 0.3) is 11.8 Å². The van der Waals surface area contributed by atoms with Gasteiger partial charge in [-0.3, -0.25) is 20.4 Å². The first-order valence-electron chi connectivity index (χ1n) is 8.89. The molecule has 0 saturated heterocycles. The van der Waals surface area contributed by atoms with E-state index in [0.717, 1.165) is 0 Å². The highest BCUT2D eigenvalue weighted by atomic mass is 16.6. The molecule has 8 nitrogen and oxygen atoms in total. The summed E-state index contributed by atoms with van der Waals surface area (Å²) in [7, 11) is 0. The minimum Gasteiger partial charge on any atom is -0.486 e. The van der Waals surface area contributed by atoms with Gasteiger partial charge in [-0.25, -0.2) is 4.98 Å². The van der Waals surface area contributed by atoms with Gasteiger partial charge in [0.2, 0.25) is 5.88 Å². The third-order valence-corrected chi connectivity index (χ3v) is 4.07. The van der Waals surface area contributed by atoms with Crippen LogP contribution in [0.5, 0.6) is 23.1 Å². The molecule has 0 spiro atoms. The molecule has 8 heteroatoms. The van der Waals surface area contributed by atoms with Crippen LogP contribution in [0.1, 0.15) is 20.7 Å². The van der Waals surface area contributed by atoms with Crippen LogP contribution in [0.15, 0.2) is 66.9 Å². The molecular formula is C21H17N3O5. The molecule has 3 aromatic rings. The van der Waals surface area contributed by atoms with Gasteiger partial charge in [0.05, 0.1) is 0 Å². The van der Waals surface area contributed by atoms with Gasteiger partial charge in [0.15, 0.2) is 11.5 Å². The second-order valence-corrected chi connectivity index (χ2v) is 6.04. The van der Waals surface area contributed by atoms with Crippen molar-refractivity contribution in [1.29, 1.82) is 0 Å². The van der Waals surface area contributed by atoms with Gasteiger partial charge >= 0.3 is 0 Å². The van der Waals surface area contributed by atoms with E-state index in [-0.39, 0.29) is 11.4 Å². The van der Waals surface area contributed by atoms with Gasteiger partial charge in [0.1, 0.15) is 24.5 Å². The average molecular weight is 391 g/mol. The largest absolute Gasteiger partial charge is 0.486 e.